The molecule has 4 aromatic rings. The minimum absolute atomic E-state index is 0.0125. The molecule has 0 spiro atoms. The highest BCUT2D eigenvalue weighted by Gasteiger charge is 2.28. The number of piperidine rings is 1. The van der Waals surface area contributed by atoms with Crippen molar-refractivity contribution in [3.63, 3.8) is 0 Å². The van der Waals surface area contributed by atoms with Crippen molar-refractivity contribution in [3.05, 3.63) is 90.3 Å². The molecule has 0 radical (unpaired) electrons. The van der Waals surface area contributed by atoms with E-state index >= 15 is 0 Å². The van der Waals surface area contributed by atoms with E-state index in [0.717, 1.165) is 33.7 Å². The van der Waals surface area contributed by atoms with Gasteiger partial charge in [0.05, 0.1) is 5.69 Å². The maximum absolute atomic E-state index is 12.8. The molecule has 1 aliphatic heterocycles. The van der Waals surface area contributed by atoms with E-state index in [1.54, 1.807) is 0 Å². The number of anilines is 1. The predicted octanol–water partition coefficient (Wildman–Crippen LogP) is 4.80. The second-order valence-corrected chi connectivity index (χ2v) is 8.54. The largest absolute Gasteiger partial charge is 0.339 e. The van der Waals surface area contributed by atoms with Gasteiger partial charge >= 0.3 is 0 Å². The Bertz CT molecular complexity index is 1270. The standard InChI is InChI=1S/C27H26N4O2/c1-19-6-2-3-7-23(19)27(33)30-16-13-21(14-17-30)26(32)28-22-11-9-20(10-12-22)24-18-31-15-5-4-8-25(31)29-24/h2-12,15,18,21H,13-14,16-17H2,1H3,(H,28,32). The monoisotopic (exact) mass is 438 g/mol. The van der Waals surface area contributed by atoms with E-state index in [1.807, 2.05) is 95.3 Å². The van der Waals surface area contributed by atoms with Crippen LogP contribution in [0.4, 0.5) is 5.69 Å². The van der Waals surface area contributed by atoms with Crippen LogP contribution >= 0.6 is 0 Å². The van der Waals surface area contributed by atoms with E-state index in [-0.39, 0.29) is 17.7 Å². The Hall–Kier alpha value is -3.93. The third-order valence-corrected chi connectivity index (χ3v) is 6.34. The predicted molar refractivity (Wildman–Crippen MR) is 129 cm³/mol. The lowest BCUT2D eigenvalue weighted by atomic mass is 9.95. The Labute approximate surface area is 192 Å². The average Bonchev–Trinajstić information content (AvgIpc) is 3.29. The van der Waals surface area contributed by atoms with Gasteiger partial charge in [-0.25, -0.2) is 4.98 Å². The second-order valence-electron chi connectivity index (χ2n) is 8.54. The number of carbonyl (C=O) groups excluding carboxylic acids is 2. The van der Waals surface area contributed by atoms with Gasteiger partial charge in [-0.3, -0.25) is 9.59 Å². The van der Waals surface area contributed by atoms with Crippen LogP contribution in [-0.4, -0.2) is 39.2 Å². The van der Waals surface area contributed by atoms with Crippen molar-refractivity contribution in [1.29, 1.82) is 0 Å². The number of benzene rings is 2. The van der Waals surface area contributed by atoms with Crippen LogP contribution in [0.15, 0.2) is 79.1 Å². The molecule has 2 aromatic heterocycles. The summed E-state index contributed by atoms with van der Waals surface area (Å²) >= 11 is 0. The summed E-state index contributed by atoms with van der Waals surface area (Å²) in [6.45, 7) is 3.14. The first-order valence-corrected chi connectivity index (χ1v) is 11.3. The highest BCUT2D eigenvalue weighted by molar-refractivity contribution is 5.96. The van der Waals surface area contributed by atoms with E-state index < -0.39 is 0 Å². The number of imidazole rings is 1. The normalized spacial score (nSPS) is 14.4. The van der Waals surface area contributed by atoms with Gasteiger partial charge in [-0.15, -0.1) is 0 Å². The topological polar surface area (TPSA) is 66.7 Å². The fraction of sp³-hybridized carbons (Fsp3) is 0.222. The van der Waals surface area contributed by atoms with Crippen LogP contribution in [0.3, 0.4) is 0 Å². The molecule has 1 saturated heterocycles. The summed E-state index contributed by atoms with van der Waals surface area (Å²) in [5.41, 5.74) is 5.29. The lowest BCUT2D eigenvalue weighted by Gasteiger charge is -2.31. The van der Waals surface area contributed by atoms with Gasteiger partial charge in [0.25, 0.3) is 5.91 Å². The van der Waals surface area contributed by atoms with E-state index in [0.29, 0.717) is 25.9 Å². The van der Waals surface area contributed by atoms with Crippen molar-refractivity contribution in [2.45, 2.75) is 19.8 Å². The number of aromatic nitrogens is 2. The number of nitrogens with one attached hydrogen (secondary N) is 1. The fourth-order valence-corrected chi connectivity index (χ4v) is 4.37. The quantitative estimate of drug-likeness (QED) is 0.498. The number of likely N-dealkylation sites (tertiary alicyclic amines) is 1. The van der Waals surface area contributed by atoms with Crippen LogP contribution in [0.1, 0.15) is 28.8 Å². The van der Waals surface area contributed by atoms with Gasteiger partial charge in [-0.05, 0) is 55.7 Å². The van der Waals surface area contributed by atoms with Crippen LogP contribution in [-0.2, 0) is 4.79 Å². The van der Waals surface area contributed by atoms with Crippen LogP contribution in [0.2, 0.25) is 0 Å². The van der Waals surface area contributed by atoms with Crippen molar-refractivity contribution in [1.82, 2.24) is 14.3 Å². The Morgan fingerprint density at radius 3 is 2.39 bits per heavy atom. The first kappa shape index (κ1) is 20.9. The Balaban J connectivity index is 1.18. The Kier molecular flexibility index (Phi) is 5.65. The molecule has 1 N–H and O–H groups in total. The van der Waals surface area contributed by atoms with Crippen molar-refractivity contribution in [3.8, 4) is 11.3 Å². The zero-order valence-electron chi connectivity index (χ0n) is 18.6. The third-order valence-electron chi connectivity index (χ3n) is 6.34. The number of fused-ring (bicyclic) bond motifs is 1. The summed E-state index contributed by atoms with van der Waals surface area (Å²) < 4.78 is 1.99. The van der Waals surface area contributed by atoms with Gasteiger partial charge in [0.15, 0.2) is 0 Å². The molecule has 1 aliphatic rings. The summed E-state index contributed by atoms with van der Waals surface area (Å²) in [6.07, 6.45) is 5.31. The highest BCUT2D eigenvalue weighted by atomic mass is 16.2. The number of nitrogens with zero attached hydrogens (tertiary/aromatic N) is 3. The molecule has 0 bridgehead atoms. The number of aryl methyl sites for hydroxylation is 1. The van der Waals surface area contributed by atoms with E-state index in [9.17, 15) is 9.59 Å². The Morgan fingerprint density at radius 2 is 1.67 bits per heavy atom. The van der Waals surface area contributed by atoms with Crippen LogP contribution in [0.25, 0.3) is 16.9 Å². The molecule has 1 fully saturated rings. The van der Waals surface area contributed by atoms with Crippen molar-refractivity contribution < 1.29 is 9.59 Å². The molecule has 0 atom stereocenters. The van der Waals surface area contributed by atoms with Crippen molar-refractivity contribution in [2.24, 2.45) is 5.92 Å². The molecule has 6 nitrogen and oxygen atoms in total. The molecule has 0 saturated carbocycles. The third kappa shape index (κ3) is 4.37. The van der Waals surface area contributed by atoms with Crippen LogP contribution in [0, 0.1) is 12.8 Å². The number of amides is 2. The molecule has 166 valence electrons. The number of hydrogen-bond donors (Lipinski definition) is 1. The minimum atomic E-state index is -0.0935. The van der Waals surface area contributed by atoms with E-state index in [2.05, 4.69) is 10.3 Å². The number of carbonyl (C=O) groups is 2. The van der Waals surface area contributed by atoms with Gasteiger partial charge in [-0.2, -0.15) is 0 Å². The maximum atomic E-state index is 12.8. The fourth-order valence-electron chi connectivity index (χ4n) is 4.37. The van der Waals surface area contributed by atoms with Gasteiger partial charge in [0, 0.05) is 48.2 Å². The van der Waals surface area contributed by atoms with Crippen molar-refractivity contribution in [2.75, 3.05) is 18.4 Å². The average molecular weight is 439 g/mol. The summed E-state index contributed by atoms with van der Waals surface area (Å²) in [4.78, 5) is 32.1. The van der Waals surface area contributed by atoms with Crippen LogP contribution < -0.4 is 5.32 Å². The summed E-state index contributed by atoms with van der Waals surface area (Å²) in [5, 5.41) is 3.03. The molecule has 3 heterocycles. The minimum Gasteiger partial charge on any atom is -0.339 e. The Morgan fingerprint density at radius 1 is 0.939 bits per heavy atom. The zero-order valence-corrected chi connectivity index (χ0v) is 18.6. The zero-order chi connectivity index (χ0) is 22.8. The van der Waals surface area contributed by atoms with Crippen molar-refractivity contribution >= 4 is 23.1 Å². The molecule has 6 heteroatoms. The van der Waals surface area contributed by atoms with Gasteiger partial charge in [0.1, 0.15) is 5.65 Å². The summed E-state index contributed by atoms with van der Waals surface area (Å²) in [6, 6.07) is 21.3. The molecule has 5 rings (SSSR count). The number of hydrogen-bond acceptors (Lipinski definition) is 3. The lowest BCUT2D eigenvalue weighted by Crippen LogP contribution is -2.41. The lowest BCUT2D eigenvalue weighted by molar-refractivity contribution is -0.121. The number of rotatable bonds is 4. The smallest absolute Gasteiger partial charge is 0.254 e. The molecular weight excluding hydrogens is 412 g/mol. The van der Waals surface area contributed by atoms with Gasteiger partial charge < -0.3 is 14.6 Å². The molecule has 2 aromatic carbocycles. The van der Waals surface area contributed by atoms with E-state index in [1.165, 1.54) is 0 Å². The first-order valence-electron chi connectivity index (χ1n) is 11.3. The van der Waals surface area contributed by atoms with Crippen LogP contribution in [0.5, 0.6) is 0 Å². The summed E-state index contributed by atoms with van der Waals surface area (Å²) in [7, 11) is 0. The molecule has 33 heavy (non-hydrogen) atoms. The summed E-state index contributed by atoms with van der Waals surface area (Å²) in [5.74, 6) is -0.0306. The molecular formula is C27H26N4O2. The van der Waals surface area contributed by atoms with E-state index in [4.69, 9.17) is 0 Å². The SMILES string of the molecule is Cc1ccccc1C(=O)N1CCC(C(=O)Nc2ccc(-c3cn4ccccc4n3)cc2)CC1. The highest BCUT2D eigenvalue weighted by Crippen LogP contribution is 2.24. The molecule has 0 aliphatic carbocycles. The first-order chi connectivity index (χ1) is 16.1. The van der Waals surface area contributed by atoms with Gasteiger partial charge in [0.2, 0.25) is 5.91 Å². The molecule has 0 unspecified atom stereocenters. The van der Waals surface area contributed by atoms with Gasteiger partial charge in [-0.1, -0.05) is 36.4 Å². The maximum Gasteiger partial charge on any atom is 0.254 e. The molecule has 2 amide bonds. The second kappa shape index (κ2) is 8.90. The number of pyridine rings is 1.